The van der Waals surface area contributed by atoms with Crippen LogP contribution >= 0.6 is 0 Å². The summed E-state index contributed by atoms with van der Waals surface area (Å²) in [6, 6.07) is -0.878. The van der Waals surface area contributed by atoms with Gasteiger partial charge < -0.3 is 69.2 Å². The number of aliphatic carboxylic acids is 1. The first kappa shape index (κ1) is 48.1. The Kier molecular flexibility index (Phi) is 17.6. The van der Waals surface area contributed by atoms with Gasteiger partial charge in [0.1, 0.15) is 23.9 Å². The minimum Gasteiger partial charge on any atom is -0.481 e. The second-order valence-corrected chi connectivity index (χ2v) is 17.1. The molecule has 0 radical (unpaired) electrons. The maximum absolute atomic E-state index is 12.6. The van der Waals surface area contributed by atoms with Crippen LogP contribution in [0.15, 0.2) is 0 Å². The second kappa shape index (κ2) is 19.4. The summed E-state index contributed by atoms with van der Waals surface area (Å²) in [5.74, 6) is -3.30. The van der Waals surface area contributed by atoms with Crippen molar-refractivity contribution in [1.29, 1.82) is 0 Å². The van der Waals surface area contributed by atoms with Gasteiger partial charge in [-0.2, -0.15) is 0 Å². The van der Waals surface area contributed by atoms with Gasteiger partial charge in [0.05, 0.1) is 47.6 Å². The molecule has 0 amide bonds. The molecule has 2 aliphatic rings. The van der Waals surface area contributed by atoms with E-state index < -0.39 is 96.0 Å². The minimum atomic E-state index is -1.75. The Hall–Kier alpha value is -1.05. The molecule has 0 spiro atoms. The molecule has 2 rings (SSSR count). The highest BCUT2D eigenvalue weighted by Crippen LogP contribution is 2.39. The van der Waals surface area contributed by atoms with Crippen LogP contribution in [0.5, 0.6) is 0 Å². The van der Waals surface area contributed by atoms with Crippen molar-refractivity contribution in [2.45, 2.75) is 185 Å². The molecule has 2 heterocycles. The number of nitrogens with zero attached hydrogens (tertiary/aromatic N) is 2. The van der Waals surface area contributed by atoms with Gasteiger partial charge in [-0.3, -0.25) is 4.79 Å². The van der Waals surface area contributed by atoms with E-state index in [1.54, 1.807) is 48.6 Å². The van der Waals surface area contributed by atoms with Crippen molar-refractivity contribution in [2.75, 3.05) is 34.8 Å². The van der Waals surface area contributed by atoms with E-state index in [9.17, 15) is 40.5 Å². The number of rotatable bonds is 20. The third kappa shape index (κ3) is 11.7. The van der Waals surface area contributed by atoms with E-state index in [1.165, 1.54) is 21.0 Å². The molecule has 2 fully saturated rings. The third-order valence-corrected chi connectivity index (χ3v) is 12.0. The largest absolute Gasteiger partial charge is 0.481 e. The van der Waals surface area contributed by atoms with E-state index in [0.29, 0.717) is 13.0 Å². The molecule has 0 aliphatic carbocycles. The topological polar surface area (TPSA) is 211 Å². The molecule has 15 nitrogen and oxygen atoms in total. The van der Waals surface area contributed by atoms with Gasteiger partial charge >= 0.3 is 5.97 Å². The van der Waals surface area contributed by atoms with E-state index in [-0.39, 0.29) is 37.3 Å². The minimum absolute atomic E-state index is 0.106. The number of carboxylic acid groups (broad SMARTS) is 1. The van der Waals surface area contributed by atoms with Crippen LogP contribution in [0.25, 0.3) is 0 Å². The van der Waals surface area contributed by atoms with Crippen LogP contribution < -0.4 is 0 Å². The Balaban J connectivity index is 2.50. The van der Waals surface area contributed by atoms with E-state index in [0.717, 1.165) is 0 Å². The zero-order chi connectivity index (χ0) is 41.0. The Morgan fingerprint density at radius 1 is 1.02 bits per heavy atom. The van der Waals surface area contributed by atoms with Crippen molar-refractivity contribution in [3.63, 3.8) is 0 Å². The molecule has 0 aromatic heterocycles. The lowest BCUT2D eigenvalue weighted by atomic mass is 9.77. The zero-order valence-corrected chi connectivity index (χ0v) is 34.7. The highest BCUT2D eigenvalue weighted by atomic mass is 16.7. The van der Waals surface area contributed by atoms with Crippen molar-refractivity contribution >= 4 is 5.97 Å². The summed E-state index contributed by atoms with van der Waals surface area (Å²) in [4.78, 5) is 16.3. The standard InChI is InChI=1S/C38H74N2O13/c1-15-27(41)38(10,48)31(43)24(6)40(13)19-20(2)17-36(8,47)33(53-35-29(42)26(39(11)12)16-21(3)50-35)22(4)30(23(5)34(45)46)52-28-18-37(9,49-14)32(44)25(7)51-28/h20-33,35,41-44,47-48H,15-19H2,1-14H3,(H,45,46)/t20-,21-,22+,23-,24-,25+,26+,27-,28+,29+,30+,31-,32+,33-,35+,36-,37-,38-/m1/s1. The Morgan fingerprint density at radius 2 is 1.60 bits per heavy atom. The summed E-state index contributed by atoms with van der Waals surface area (Å²) in [5, 5.41) is 77.3. The summed E-state index contributed by atoms with van der Waals surface area (Å²) < 4.78 is 30.9. The summed E-state index contributed by atoms with van der Waals surface area (Å²) in [5.41, 5.74) is -4.43. The number of methoxy groups -OCH3 is 1. The van der Waals surface area contributed by atoms with Crippen LogP contribution in [0.3, 0.4) is 0 Å². The average Bonchev–Trinajstić information content (AvgIpc) is 3.07. The summed E-state index contributed by atoms with van der Waals surface area (Å²) in [6.07, 6.45) is -8.73. The van der Waals surface area contributed by atoms with Gasteiger partial charge in [-0.25, -0.2) is 0 Å². The van der Waals surface area contributed by atoms with Gasteiger partial charge in [0.25, 0.3) is 0 Å². The average molecular weight is 767 g/mol. The van der Waals surface area contributed by atoms with Crippen molar-refractivity contribution in [3.05, 3.63) is 0 Å². The molecule has 0 bridgehead atoms. The summed E-state index contributed by atoms with van der Waals surface area (Å²) in [7, 11) is 6.97. The molecular weight excluding hydrogens is 692 g/mol. The maximum Gasteiger partial charge on any atom is 0.308 e. The van der Waals surface area contributed by atoms with Crippen molar-refractivity contribution in [1.82, 2.24) is 9.80 Å². The molecule has 2 saturated heterocycles. The molecule has 0 saturated carbocycles. The van der Waals surface area contributed by atoms with Gasteiger partial charge in [-0.15, -0.1) is 0 Å². The molecule has 314 valence electrons. The number of carbonyl (C=O) groups is 1. The lowest BCUT2D eigenvalue weighted by molar-refractivity contribution is -0.317. The van der Waals surface area contributed by atoms with Crippen LogP contribution in [0, 0.1) is 17.8 Å². The van der Waals surface area contributed by atoms with Gasteiger partial charge in [-0.1, -0.05) is 20.8 Å². The molecule has 7 N–H and O–H groups in total. The molecule has 2 aliphatic heterocycles. The van der Waals surface area contributed by atoms with Crippen LogP contribution in [-0.4, -0.2) is 177 Å². The highest BCUT2D eigenvalue weighted by Gasteiger charge is 2.51. The van der Waals surface area contributed by atoms with E-state index >= 15 is 0 Å². The fourth-order valence-electron chi connectivity index (χ4n) is 8.30. The zero-order valence-electron chi connectivity index (χ0n) is 34.7. The number of aliphatic hydroxyl groups excluding tert-OH is 4. The number of likely N-dealkylation sites (N-methyl/N-ethyl adjacent to an activating group) is 2. The number of aliphatic hydroxyl groups is 6. The Bertz CT molecular complexity index is 1130. The molecule has 0 aromatic carbocycles. The van der Waals surface area contributed by atoms with E-state index in [2.05, 4.69) is 0 Å². The molecule has 0 aromatic rings. The normalized spacial score (nSPS) is 35.4. The number of carboxylic acids is 1. The highest BCUT2D eigenvalue weighted by molar-refractivity contribution is 5.70. The predicted molar refractivity (Wildman–Crippen MR) is 198 cm³/mol. The third-order valence-electron chi connectivity index (χ3n) is 12.0. The monoisotopic (exact) mass is 767 g/mol. The lowest BCUT2D eigenvalue weighted by Gasteiger charge is -2.48. The summed E-state index contributed by atoms with van der Waals surface area (Å²) >= 11 is 0. The van der Waals surface area contributed by atoms with Crippen molar-refractivity contribution in [2.24, 2.45) is 17.8 Å². The number of hydrogen-bond donors (Lipinski definition) is 7. The van der Waals surface area contributed by atoms with Gasteiger partial charge in [0.2, 0.25) is 0 Å². The smallest absolute Gasteiger partial charge is 0.308 e. The molecular formula is C38H74N2O13. The van der Waals surface area contributed by atoms with Crippen molar-refractivity contribution in [3.8, 4) is 0 Å². The van der Waals surface area contributed by atoms with Crippen LogP contribution in [0.4, 0.5) is 0 Å². The number of hydrogen-bond acceptors (Lipinski definition) is 14. The first-order chi connectivity index (χ1) is 24.2. The first-order valence-electron chi connectivity index (χ1n) is 19.2. The Labute approximate surface area is 317 Å². The van der Waals surface area contributed by atoms with Crippen LogP contribution in [0.1, 0.15) is 94.9 Å². The SMILES string of the molecule is CC[C@@H](O)[C@@](C)(O)[C@H](O)[C@@H](C)N(C)C[C@H](C)C[C@@](C)(O)[C@H](O[C@@H]1O[C@H](C)C[C@H](N(C)C)[C@@H]1O)[C@@H](C)[C@H](O[C@H]1C[C@@](C)(OC)[C@@H](O)[C@H](C)O1)[C@@H](C)C(=O)O. The van der Waals surface area contributed by atoms with Crippen LogP contribution in [-0.2, 0) is 28.5 Å². The molecule has 0 unspecified atom stereocenters. The maximum atomic E-state index is 12.6. The second-order valence-electron chi connectivity index (χ2n) is 17.1. The van der Waals surface area contributed by atoms with Crippen LogP contribution in [0.2, 0.25) is 0 Å². The summed E-state index contributed by atoms with van der Waals surface area (Å²) in [6.45, 7) is 17.3. The first-order valence-corrected chi connectivity index (χ1v) is 19.2. The van der Waals surface area contributed by atoms with Gasteiger partial charge in [-0.05, 0) is 94.8 Å². The van der Waals surface area contributed by atoms with Crippen molar-refractivity contribution < 1.29 is 64.2 Å². The fourth-order valence-corrected chi connectivity index (χ4v) is 8.30. The van der Waals surface area contributed by atoms with E-state index in [4.69, 9.17) is 23.7 Å². The van der Waals surface area contributed by atoms with E-state index in [1.807, 2.05) is 37.7 Å². The molecule has 53 heavy (non-hydrogen) atoms. The van der Waals surface area contributed by atoms with Gasteiger partial charge in [0, 0.05) is 38.1 Å². The lowest BCUT2D eigenvalue weighted by Crippen LogP contribution is -2.60. The fraction of sp³-hybridized carbons (Fsp3) is 0.974. The molecule has 18 atom stereocenters. The number of ether oxygens (including phenoxy) is 5. The molecule has 15 heteroatoms. The quantitative estimate of drug-likeness (QED) is 0.0935. The van der Waals surface area contributed by atoms with Gasteiger partial charge in [0.15, 0.2) is 12.6 Å². The Morgan fingerprint density at radius 3 is 2.11 bits per heavy atom. The predicted octanol–water partition coefficient (Wildman–Crippen LogP) is 1.42.